The van der Waals surface area contributed by atoms with Crippen LogP contribution in [0.2, 0.25) is 0 Å². The van der Waals surface area contributed by atoms with Crippen molar-refractivity contribution >= 4 is 11.9 Å². The predicted molar refractivity (Wildman–Crippen MR) is 132 cm³/mol. The molecule has 2 N–H and O–H groups in total. The summed E-state index contributed by atoms with van der Waals surface area (Å²) >= 11 is 0. The summed E-state index contributed by atoms with van der Waals surface area (Å²) in [6.07, 6.45) is 2.04. The van der Waals surface area contributed by atoms with E-state index in [-0.39, 0.29) is 24.7 Å². The second-order valence-corrected chi connectivity index (χ2v) is 8.73. The van der Waals surface area contributed by atoms with Gasteiger partial charge in [0.2, 0.25) is 5.91 Å². The molecular formula is C27H36N2O6. The number of amides is 1. The SMILES string of the molecule is COc1ccc(COC(=O)[C@H](Cc2ccccc2)NC(=O)[C@H](C)C(OC)[C@@H]2CCCN2)c(OC)c1. The molecule has 1 aliphatic rings. The fourth-order valence-electron chi connectivity index (χ4n) is 4.42. The Labute approximate surface area is 207 Å². The minimum atomic E-state index is -0.842. The largest absolute Gasteiger partial charge is 0.497 e. The second-order valence-electron chi connectivity index (χ2n) is 8.73. The molecule has 1 heterocycles. The molecule has 4 atom stereocenters. The highest BCUT2D eigenvalue weighted by Crippen LogP contribution is 2.25. The maximum absolute atomic E-state index is 13.2. The van der Waals surface area contributed by atoms with Gasteiger partial charge in [-0.2, -0.15) is 0 Å². The quantitative estimate of drug-likeness (QED) is 0.447. The topological polar surface area (TPSA) is 95.1 Å². The third kappa shape index (κ3) is 7.19. The zero-order valence-corrected chi connectivity index (χ0v) is 20.9. The maximum atomic E-state index is 13.2. The van der Waals surface area contributed by atoms with Gasteiger partial charge in [0.15, 0.2) is 0 Å². The van der Waals surface area contributed by atoms with E-state index in [9.17, 15) is 9.59 Å². The van der Waals surface area contributed by atoms with Gasteiger partial charge in [0.25, 0.3) is 0 Å². The van der Waals surface area contributed by atoms with Gasteiger partial charge in [0, 0.05) is 31.2 Å². The van der Waals surface area contributed by atoms with Crippen molar-refractivity contribution in [1.82, 2.24) is 10.6 Å². The Morgan fingerprint density at radius 1 is 1.09 bits per heavy atom. The summed E-state index contributed by atoms with van der Waals surface area (Å²) in [5.41, 5.74) is 1.62. The molecule has 0 saturated carbocycles. The highest BCUT2D eigenvalue weighted by molar-refractivity contribution is 5.86. The molecule has 1 saturated heterocycles. The Bertz CT molecular complexity index is 961. The van der Waals surface area contributed by atoms with E-state index in [1.807, 2.05) is 37.3 Å². The van der Waals surface area contributed by atoms with Crippen LogP contribution in [-0.4, -0.2) is 57.9 Å². The lowest BCUT2D eigenvalue weighted by Crippen LogP contribution is -2.51. The number of hydrogen-bond acceptors (Lipinski definition) is 7. The molecule has 2 aromatic rings. The van der Waals surface area contributed by atoms with Crippen LogP contribution in [0.15, 0.2) is 48.5 Å². The molecule has 1 unspecified atom stereocenters. The molecule has 35 heavy (non-hydrogen) atoms. The monoisotopic (exact) mass is 484 g/mol. The van der Waals surface area contributed by atoms with Crippen molar-refractivity contribution < 1.29 is 28.5 Å². The third-order valence-electron chi connectivity index (χ3n) is 6.42. The Balaban J connectivity index is 1.71. The number of ether oxygens (including phenoxy) is 4. The van der Waals surface area contributed by atoms with E-state index in [2.05, 4.69) is 10.6 Å². The minimum Gasteiger partial charge on any atom is -0.497 e. The van der Waals surface area contributed by atoms with Crippen LogP contribution in [0.4, 0.5) is 0 Å². The number of carbonyl (C=O) groups is 2. The van der Waals surface area contributed by atoms with Gasteiger partial charge in [0.1, 0.15) is 24.1 Å². The van der Waals surface area contributed by atoms with Gasteiger partial charge in [-0.25, -0.2) is 4.79 Å². The molecule has 0 bridgehead atoms. The Morgan fingerprint density at radius 2 is 1.86 bits per heavy atom. The van der Waals surface area contributed by atoms with Crippen LogP contribution >= 0.6 is 0 Å². The maximum Gasteiger partial charge on any atom is 0.329 e. The summed E-state index contributed by atoms with van der Waals surface area (Å²) in [6, 6.07) is 14.1. The van der Waals surface area contributed by atoms with E-state index in [0.29, 0.717) is 23.5 Å². The number of nitrogens with one attached hydrogen (secondary N) is 2. The molecule has 0 spiro atoms. The molecule has 8 heteroatoms. The molecule has 3 rings (SSSR count). The van der Waals surface area contributed by atoms with Crippen molar-refractivity contribution in [3.8, 4) is 11.5 Å². The Kier molecular flexibility index (Phi) is 9.93. The lowest BCUT2D eigenvalue weighted by molar-refractivity contribution is -0.150. The normalized spacial score (nSPS) is 17.8. The highest BCUT2D eigenvalue weighted by atomic mass is 16.5. The van der Waals surface area contributed by atoms with Crippen LogP contribution in [0.1, 0.15) is 30.9 Å². The highest BCUT2D eigenvalue weighted by Gasteiger charge is 2.35. The van der Waals surface area contributed by atoms with Gasteiger partial charge >= 0.3 is 5.97 Å². The van der Waals surface area contributed by atoms with E-state index in [1.54, 1.807) is 39.5 Å². The van der Waals surface area contributed by atoms with E-state index < -0.39 is 17.9 Å². The van der Waals surface area contributed by atoms with Gasteiger partial charge in [-0.05, 0) is 37.1 Å². The summed E-state index contributed by atoms with van der Waals surface area (Å²) < 4.78 is 21.9. The number of esters is 1. The van der Waals surface area contributed by atoms with Crippen LogP contribution in [-0.2, 0) is 32.1 Å². The number of rotatable bonds is 12. The summed E-state index contributed by atoms with van der Waals surface area (Å²) in [4.78, 5) is 26.3. The van der Waals surface area contributed by atoms with Crippen molar-refractivity contribution in [2.45, 2.75) is 51.0 Å². The first-order chi connectivity index (χ1) is 17.0. The molecule has 8 nitrogen and oxygen atoms in total. The van der Waals surface area contributed by atoms with Gasteiger partial charge in [-0.15, -0.1) is 0 Å². The smallest absolute Gasteiger partial charge is 0.329 e. The van der Waals surface area contributed by atoms with Crippen molar-refractivity contribution in [3.63, 3.8) is 0 Å². The summed E-state index contributed by atoms with van der Waals surface area (Å²) in [5, 5.41) is 6.31. The predicted octanol–water partition coefficient (Wildman–Crippen LogP) is 2.88. The molecule has 2 aromatic carbocycles. The average Bonchev–Trinajstić information content (AvgIpc) is 3.42. The molecule has 0 aromatic heterocycles. The van der Waals surface area contributed by atoms with Gasteiger partial charge < -0.3 is 29.6 Å². The summed E-state index contributed by atoms with van der Waals surface area (Å²) in [6.45, 7) is 2.75. The molecule has 1 aliphatic heterocycles. The fraction of sp³-hybridized carbons (Fsp3) is 0.481. The minimum absolute atomic E-state index is 0.00933. The fourth-order valence-corrected chi connectivity index (χ4v) is 4.42. The van der Waals surface area contributed by atoms with Gasteiger partial charge in [0.05, 0.1) is 26.2 Å². The third-order valence-corrected chi connectivity index (χ3v) is 6.42. The van der Waals surface area contributed by atoms with E-state index in [0.717, 1.165) is 24.9 Å². The first kappa shape index (κ1) is 26.5. The van der Waals surface area contributed by atoms with Gasteiger partial charge in [-0.3, -0.25) is 4.79 Å². The van der Waals surface area contributed by atoms with E-state index >= 15 is 0 Å². The van der Waals surface area contributed by atoms with Crippen molar-refractivity contribution in [2.24, 2.45) is 5.92 Å². The first-order valence-electron chi connectivity index (χ1n) is 11.9. The molecule has 190 valence electrons. The molecule has 1 fully saturated rings. The van der Waals surface area contributed by atoms with E-state index in [1.165, 1.54) is 0 Å². The van der Waals surface area contributed by atoms with Gasteiger partial charge in [-0.1, -0.05) is 37.3 Å². The summed E-state index contributed by atoms with van der Waals surface area (Å²) in [7, 11) is 4.74. The molecule has 0 radical (unpaired) electrons. The zero-order valence-electron chi connectivity index (χ0n) is 20.9. The van der Waals surface area contributed by atoms with Crippen LogP contribution in [0.3, 0.4) is 0 Å². The van der Waals surface area contributed by atoms with Crippen molar-refractivity contribution in [3.05, 3.63) is 59.7 Å². The Hall–Kier alpha value is -3.10. The van der Waals surface area contributed by atoms with Crippen LogP contribution in [0.5, 0.6) is 11.5 Å². The first-order valence-corrected chi connectivity index (χ1v) is 11.9. The Morgan fingerprint density at radius 3 is 2.49 bits per heavy atom. The molecule has 1 amide bonds. The lowest BCUT2D eigenvalue weighted by atomic mass is 9.95. The number of benzene rings is 2. The van der Waals surface area contributed by atoms with Crippen molar-refractivity contribution in [2.75, 3.05) is 27.9 Å². The average molecular weight is 485 g/mol. The standard InChI is InChI=1S/C27H36N2O6/c1-18(25(34-4)22-11-8-14-28-22)26(30)29-23(15-19-9-6-5-7-10-19)27(31)35-17-20-12-13-21(32-2)16-24(20)33-3/h5-7,9-10,12-13,16,18,22-23,25,28H,8,11,14-15,17H2,1-4H3,(H,29,30)/t18-,22+,23+,25?/m1/s1. The van der Waals surface area contributed by atoms with Crippen LogP contribution in [0.25, 0.3) is 0 Å². The summed E-state index contributed by atoms with van der Waals surface area (Å²) in [5.74, 6) is 0.0000423. The van der Waals surface area contributed by atoms with Crippen LogP contribution in [0, 0.1) is 5.92 Å². The van der Waals surface area contributed by atoms with E-state index in [4.69, 9.17) is 18.9 Å². The number of carbonyl (C=O) groups excluding carboxylic acids is 2. The zero-order chi connectivity index (χ0) is 25.2. The molecular weight excluding hydrogens is 448 g/mol. The van der Waals surface area contributed by atoms with Crippen LogP contribution < -0.4 is 20.1 Å². The second kappa shape index (κ2) is 13.1. The number of hydrogen-bond donors (Lipinski definition) is 2. The lowest BCUT2D eigenvalue weighted by Gasteiger charge is -2.29. The number of methoxy groups -OCH3 is 3. The van der Waals surface area contributed by atoms with Crippen molar-refractivity contribution in [1.29, 1.82) is 0 Å². The molecule has 0 aliphatic carbocycles.